The average molecular weight is 347 g/mol. The van der Waals surface area contributed by atoms with E-state index in [-0.39, 0.29) is 0 Å². The summed E-state index contributed by atoms with van der Waals surface area (Å²) >= 11 is 1.84. The van der Waals surface area contributed by atoms with Crippen LogP contribution in [-0.2, 0) is 5.75 Å². The third-order valence-electron chi connectivity index (χ3n) is 3.64. The van der Waals surface area contributed by atoms with E-state index in [0.29, 0.717) is 6.61 Å². The number of thioether (sulfide) groups is 1. The highest BCUT2D eigenvalue weighted by molar-refractivity contribution is 7.98. The number of nitrogens with zero attached hydrogens (tertiary/aromatic N) is 1. The summed E-state index contributed by atoms with van der Waals surface area (Å²) in [5, 5.41) is 0. The fourth-order valence-electron chi connectivity index (χ4n) is 2.33. The first-order valence-electron chi connectivity index (χ1n) is 8.37. The van der Waals surface area contributed by atoms with Gasteiger partial charge in [-0.15, -0.1) is 11.8 Å². The zero-order valence-electron chi connectivity index (χ0n) is 14.3. The quantitative estimate of drug-likeness (QED) is 0.379. The number of rotatable bonds is 7. The molecule has 2 nitrogen and oxygen atoms in total. The van der Waals surface area contributed by atoms with Crippen molar-refractivity contribution in [2.75, 3.05) is 6.61 Å². The summed E-state index contributed by atoms with van der Waals surface area (Å²) in [6.07, 6.45) is 1.88. The van der Waals surface area contributed by atoms with Crippen molar-refractivity contribution < 1.29 is 4.74 Å². The van der Waals surface area contributed by atoms with Gasteiger partial charge in [-0.05, 0) is 66.6 Å². The van der Waals surface area contributed by atoms with Gasteiger partial charge in [0.05, 0.1) is 12.3 Å². The molecule has 3 rings (SSSR count). The first-order chi connectivity index (χ1) is 12.3. The van der Waals surface area contributed by atoms with Crippen molar-refractivity contribution in [1.82, 2.24) is 0 Å². The van der Waals surface area contributed by atoms with E-state index in [4.69, 9.17) is 4.74 Å². The lowest BCUT2D eigenvalue weighted by Crippen LogP contribution is -1.91. The second kappa shape index (κ2) is 9.09. The van der Waals surface area contributed by atoms with Gasteiger partial charge in [0.25, 0.3) is 0 Å². The molecule has 0 bridgehead atoms. The standard InChI is InChI=1S/C22H21NOS/c1-2-24-21-14-10-18(11-15-21)16-23-20-12-8-19(9-13-20)17-25-22-6-4-3-5-7-22/h3-16H,2,17H2,1H3. The highest BCUT2D eigenvalue weighted by Crippen LogP contribution is 2.23. The van der Waals surface area contributed by atoms with E-state index >= 15 is 0 Å². The van der Waals surface area contributed by atoms with Crippen molar-refractivity contribution in [3.63, 3.8) is 0 Å². The van der Waals surface area contributed by atoms with Crippen LogP contribution in [0, 0.1) is 0 Å². The minimum Gasteiger partial charge on any atom is -0.494 e. The van der Waals surface area contributed by atoms with E-state index in [1.807, 2.05) is 55.2 Å². The predicted molar refractivity (Wildman–Crippen MR) is 107 cm³/mol. The summed E-state index contributed by atoms with van der Waals surface area (Å²) in [5.41, 5.74) is 3.32. The highest BCUT2D eigenvalue weighted by Gasteiger charge is 1.97. The van der Waals surface area contributed by atoms with Crippen LogP contribution in [-0.4, -0.2) is 12.8 Å². The van der Waals surface area contributed by atoms with E-state index in [2.05, 4.69) is 53.5 Å². The Morgan fingerprint density at radius 1 is 0.880 bits per heavy atom. The summed E-state index contributed by atoms with van der Waals surface area (Å²) in [6.45, 7) is 2.67. The van der Waals surface area contributed by atoms with Crippen LogP contribution in [0.5, 0.6) is 5.75 Å². The van der Waals surface area contributed by atoms with E-state index in [1.165, 1.54) is 10.5 Å². The molecule has 0 amide bonds. The first-order valence-corrected chi connectivity index (χ1v) is 9.36. The summed E-state index contributed by atoms with van der Waals surface area (Å²) in [6, 6.07) is 26.8. The Labute approximate surface area is 153 Å². The summed E-state index contributed by atoms with van der Waals surface area (Å²) in [5.74, 6) is 1.85. The second-order valence-corrected chi connectivity index (χ2v) is 6.58. The maximum absolute atomic E-state index is 5.45. The third kappa shape index (κ3) is 5.50. The predicted octanol–water partition coefficient (Wildman–Crippen LogP) is 6.13. The number of aliphatic imine (C=N–C) groups is 1. The van der Waals surface area contributed by atoms with Crippen LogP contribution in [0.4, 0.5) is 5.69 Å². The molecule has 0 heterocycles. The minimum atomic E-state index is 0.683. The van der Waals surface area contributed by atoms with Gasteiger partial charge in [-0.2, -0.15) is 0 Å². The monoisotopic (exact) mass is 347 g/mol. The van der Waals surface area contributed by atoms with Gasteiger partial charge in [0, 0.05) is 16.9 Å². The van der Waals surface area contributed by atoms with Gasteiger partial charge in [0.15, 0.2) is 0 Å². The molecule has 126 valence electrons. The molecule has 0 aliphatic rings. The summed E-state index contributed by atoms with van der Waals surface area (Å²) < 4.78 is 5.45. The summed E-state index contributed by atoms with van der Waals surface area (Å²) in [7, 11) is 0. The number of hydrogen-bond donors (Lipinski definition) is 0. The van der Waals surface area contributed by atoms with Gasteiger partial charge in [0.1, 0.15) is 5.75 Å². The Balaban J connectivity index is 1.56. The Morgan fingerprint density at radius 3 is 2.28 bits per heavy atom. The maximum Gasteiger partial charge on any atom is 0.119 e. The van der Waals surface area contributed by atoms with Gasteiger partial charge < -0.3 is 4.74 Å². The number of ether oxygens (including phenoxy) is 1. The molecule has 0 radical (unpaired) electrons. The first kappa shape index (κ1) is 17.3. The fourth-order valence-corrected chi connectivity index (χ4v) is 3.20. The molecule has 0 atom stereocenters. The number of hydrogen-bond acceptors (Lipinski definition) is 3. The van der Waals surface area contributed by atoms with Crippen molar-refractivity contribution in [2.24, 2.45) is 4.99 Å². The smallest absolute Gasteiger partial charge is 0.119 e. The van der Waals surface area contributed by atoms with Crippen LogP contribution >= 0.6 is 11.8 Å². The maximum atomic E-state index is 5.45. The van der Waals surface area contributed by atoms with Crippen LogP contribution < -0.4 is 4.74 Å². The molecule has 0 aromatic heterocycles. The molecule has 0 saturated heterocycles. The Kier molecular flexibility index (Phi) is 6.29. The van der Waals surface area contributed by atoms with Crippen LogP contribution in [0.25, 0.3) is 0 Å². The lowest BCUT2D eigenvalue weighted by molar-refractivity contribution is 0.340. The highest BCUT2D eigenvalue weighted by atomic mass is 32.2. The molecule has 0 aliphatic carbocycles. The average Bonchev–Trinajstić information content (AvgIpc) is 2.68. The summed E-state index contributed by atoms with van der Waals surface area (Å²) in [4.78, 5) is 5.83. The van der Waals surface area contributed by atoms with Crippen LogP contribution in [0.2, 0.25) is 0 Å². The minimum absolute atomic E-state index is 0.683. The van der Waals surface area contributed by atoms with Gasteiger partial charge in [-0.3, -0.25) is 4.99 Å². The number of benzene rings is 3. The molecule has 0 aliphatic heterocycles. The fraction of sp³-hybridized carbons (Fsp3) is 0.136. The molecule has 3 aromatic carbocycles. The topological polar surface area (TPSA) is 21.6 Å². The van der Waals surface area contributed by atoms with Gasteiger partial charge in [-0.25, -0.2) is 0 Å². The van der Waals surface area contributed by atoms with E-state index in [1.54, 1.807) is 0 Å². The Bertz CT molecular complexity index is 796. The van der Waals surface area contributed by atoms with E-state index in [0.717, 1.165) is 22.8 Å². The molecular weight excluding hydrogens is 326 g/mol. The molecule has 3 aromatic rings. The van der Waals surface area contributed by atoms with Crippen molar-refractivity contribution in [3.8, 4) is 5.75 Å². The normalized spacial score (nSPS) is 10.9. The Morgan fingerprint density at radius 2 is 1.60 bits per heavy atom. The van der Waals surface area contributed by atoms with Crippen LogP contribution in [0.1, 0.15) is 18.1 Å². The van der Waals surface area contributed by atoms with Crippen molar-refractivity contribution in [3.05, 3.63) is 90.0 Å². The van der Waals surface area contributed by atoms with E-state index < -0.39 is 0 Å². The molecule has 25 heavy (non-hydrogen) atoms. The van der Waals surface area contributed by atoms with Gasteiger partial charge in [-0.1, -0.05) is 30.3 Å². The molecule has 0 saturated carbocycles. The SMILES string of the molecule is CCOc1ccc(C=Nc2ccc(CSc3ccccc3)cc2)cc1. The second-order valence-electron chi connectivity index (χ2n) is 5.53. The molecule has 0 spiro atoms. The van der Waals surface area contributed by atoms with Crippen molar-refractivity contribution in [2.45, 2.75) is 17.6 Å². The molecular formula is C22H21NOS. The zero-order chi connectivity index (χ0) is 17.3. The van der Waals surface area contributed by atoms with Crippen LogP contribution in [0.15, 0.2) is 88.8 Å². The lowest BCUT2D eigenvalue weighted by atomic mass is 10.2. The molecule has 3 heteroatoms. The zero-order valence-corrected chi connectivity index (χ0v) is 15.1. The van der Waals surface area contributed by atoms with Crippen molar-refractivity contribution in [1.29, 1.82) is 0 Å². The lowest BCUT2D eigenvalue weighted by Gasteiger charge is -2.03. The van der Waals surface area contributed by atoms with Crippen molar-refractivity contribution >= 4 is 23.7 Å². The van der Waals surface area contributed by atoms with Gasteiger partial charge in [0.2, 0.25) is 0 Å². The molecule has 0 N–H and O–H groups in total. The third-order valence-corrected chi connectivity index (χ3v) is 4.72. The van der Waals surface area contributed by atoms with E-state index in [9.17, 15) is 0 Å². The molecule has 0 unspecified atom stereocenters. The van der Waals surface area contributed by atoms with Crippen LogP contribution in [0.3, 0.4) is 0 Å². The largest absolute Gasteiger partial charge is 0.494 e. The Hall–Kier alpha value is -2.52. The van der Waals surface area contributed by atoms with Gasteiger partial charge >= 0.3 is 0 Å². The molecule has 0 fully saturated rings.